The second-order valence-corrected chi connectivity index (χ2v) is 5.30. The van der Waals surface area contributed by atoms with Gasteiger partial charge < -0.3 is 12.4 Å². The average molecular weight is 208 g/mol. The van der Waals surface area contributed by atoms with Crippen LogP contribution in [0.15, 0.2) is 0 Å². The second kappa shape index (κ2) is 10.3. The first-order valence-electron chi connectivity index (χ1n) is 0.378. The zero-order valence-corrected chi connectivity index (χ0v) is 6.91. The van der Waals surface area contributed by atoms with Gasteiger partial charge in [-0.1, -0.05) is 0 Å². The van der Waals surface area contributed by atoms with E-state index in [1.165, 1.54) is 0 Å². The Balaban J connectivity index is -0.0000000450. The molecule has 0 N–H and O–H groups in total. The maximum atomic E-state index is 4.87. The van der Waals surface area contributed by atoms with Crippen molar-refractivity contribution in [3.8, 4) is 0 Å². The fourth-order valence-electron chi connectivity index (χ4n) is 0. The van der Waals surface area contributed by atoms with Crippen molar-refractivity contribution in [2.75, 3.05) is 0 Å². The predicted molar refractivity (Wildman–Crippen MR) is 17.6 cm³/mol. The Kier molecular flexibility index (Phi) is 27.0. The smallest absolute Gasteiger partial charge is 1.00 e. The van der Waals surface area contributed by atoms with E-state index in [0.717, 1.165) is 0 Å². The Morgan fingerprint density at radius 1 is 1.00 bits per heavy atom. The molecule has 0 fully saturated rings. The molecule has 6 heavy (non-hydrogen) atoms. The number of rotatable bonds is 0. The molecule has 0 aromatic carbocycles. The van der Waals surface area contributed by atoms with Crippen LogP contribution >= 0.6 is 30.4 Å². The summed E-state index contributed by atoms with van der Waals surface area (Å²) in [6, 6.07) is 0. The molecule has 0 bridgehead atoms. The third kappa shape index (κ3) is 33.9. The largest absolute Gasteiger partial charge is 1.00 e. The zero-order valence-electron chi connectivity index (χ0n) is 2.85. The standard InChI is InChI=1S/4ClH.Co.Li/h4*1H;;/q;;;;+3;+1/p-4. The first kappa shape index (κ1) is 15.7. The molecule has 0 rings (SSSR count). The van der Waals surface area contributed by atoms with Gasteiger partial charge in [0.1, 0.15) is 0 Å². The summed E-state index contributed by atoms with van der Waals surface area (Å²) in [6.07, 6.45) is 0. The van der Waals surface area contributed by atoms with E-state index in [4.69, 9.17) is 30.4 Å². The Bertz CT molecular complexity index is 12.3. The van der Waals surface area contributed by atoms with Crippen LogP contribution in [0.25, 0.3) is 0 Å². The summed E-state index contributed by atoms with van der Waals surface area (Å²) in [5.41, 5.74) is 0. The van der Waals surface area contributed by atoms with Crippen molar-refractivity contribution >= 4 is 30.4 Å². The van der Waals surface area contributed by atoms with E-state index < -0.39 is 10.9 Å². The molecular weight excluding hydrogens is 208 g/mol. The summed E-state index contributed by atoms with van der Waals surface area (Å²) in [5, 5.41) is 0. The fourth-order valence-corrected chi connectivity index (χ4v) is 0. The summed E-state index contributed by atoms with van der Waals surface area (Å²) >= 11 is 0. The zero-order chi connectivity index (χ0) is 3.58. The van der Waals surface area contributed by atoms with Gasteiger partial charge in [0.2, 0.25) is 0 Å². The number of hydrogen-bond donors (Lipinski definition) is 0. The molecule has 6 heteroatoms. The van der Waals surface area contributed by atoms with Gasteiger partial charge in [-0.2, -0.15) is 0 Å². The maximum absolute atomic E-state index is 4.87. The summed E-state index contributed by atoms with van der Waals surface area (Å²) < 4.78 is 0. The molecule has 0 heterocycles. The molecule has 0 aromatic rings. The van der Waals surface area contributed by atoms with Crippen molar-refractivity contribution in [2.45, 2.75) is 0 Å². The van der Waals surface area contributed by atoms with E-state index in [-0.39, 0.29) is 31.3 Å². The van der Waals surface area contributed by atoms with Crippen LogP contribution in [-0.2, 0) is 10.9 Å². The van der Waals surface area contributed by atoms with Crippen molar-refractivity contribution in [3.05, 3.63) is 0 Å². The first-order chi connectivity index (χ1) is 1.73. The maximum Gasteiger partial charge on any atom is 1.00 e. The molecule has 0 aromatic heterocycles. The van der Waals surface area contributed by atoms with E-state index in [9.17, 15) is 0 Å². The molecule has 0 nitrogen and oxygen atoms in total. The molecule has 0 radical (unpaired) electrons. The summed E-state index contributed by atoms with van der Waals surface area (Å²) in [5.74, 6) is 0. The third-order valence-corrected chi connectivity index (χ3v) is 0. The van der Waals surface area contributed by atoms with Crippen LogP contribution < -0.4 is 31.3 Å². The topological polar surface area (TPSA) is 0 Å². The summed E-state index contributed by atoms with van der Waals surface area (Å²) in [4.78, 5) is 0. The molecule has 0 amide bonds. The molecular formula is Cl4CoLi. The van der Waals surface area contributed by atoms with Gasteiger partial charge in [-0.3, -0.25) is 0 Å². The minimum Gasteiger partial charge on any atom is 1.00 e. The van der Waals surface area contributed by atoms with Gasteiger partial charge in [-0.05, 0) is 0 Å². The van der Waals surface area contributed by atoms with Gasteiger partial charge >= 0.3 is 60.2 Å². The Labute approximate surface area is 72.0 Å². The van der Waals surface area contributed by atoms with Gasteiger partial charge in [0.05, 0.1) is 0 Å². The van der Waals surface area contributed by atoms with Gasteiger partial charge in [-0.15, -0.1) is 0 Å². The predicted octanol–water partition coefficient (Wildman–Crippen LogP) is -3.93. The fraction of sp³-hybridized carbons (Fsp3) is 0. The minimum absolute atomic E-state index is 0. The Hall–Kier alpha value is 2.26. The van der Waals surface area contributed by atoms with Crippen LogP contribution in [0.2, 0.25) is 0 Å². The Morgan fingerprint density at radius 3 is 1.00 bits per heavy atom. The molecule has 0 aliphatic heterocycles. The van der Waals surface area contributed by atoms with Gasteiger partial charge in [-0.25, -0.2) is 0 Å². The van der Waals surface area contributed by atoms with E-state index in [2.05, 4.69) is 0 Å². The molecule has 0 aliphatic carbocycles. The van der Waals surface area contributed by atoms with Crippen LogP contribution in [0.3, 0.4) is 0 Å². The summed E-state index contributed by atoms with van der Waals surface area (Å²) in [7, 11) is 13.4. The van der Waals surface area contributed by atoms with Gasteiger partial charge in [0.25, 0.3) is 0 Å². The normalized spacial score (nSPS) is 7.50. The first-order valence-corrected chi connectivity index (χ1v) is 4.68. The molecule has 0 atom stereocenters. The monoisotopic (exact) mass is 206 g/mol. The van der Waals surface area contributed by atoms with Crippen LogP contribution in [0.1, 0.15) is 0 Å². The molecule has 0 aliphatic rings. The van der Waals surface area contributed by atoms with Crippen LogP contribution in [-0.4, -0.2) is 0 Å². The van der Waals surface area contributed by atoms with Gasteiger partial charge in [0.15, 0.2) is 0 Å². The molecule has 0 unspecified atom stereocenters. The SMILES string of the molecule is [Cl-].[Cl][Co]([Cl])[Cl].[Li+]. The molecule has 38 valence electrons. The van der Waals surface area contributed by atoms with Crippen molar-refractivity contribution in [3.63, 3.8) is 0 Å². The van der Waals surface area contributed by atoms with E-state index in [0.29, 0.717) is 0 Å². The molecule has 0 spiro atoms. The molecule has 0 saturated carbocycles. The van der Waals surface area contributed by atoms with Crippen LogP contribution in [0.5, 0.6) is 0 Å². The molecule has 0 saturated heterocycles. The van der Waals surface area contributed by atoms with Crippen molar-refractivity contribution in [1.82, 2.24) is 0 Å². The average Bonchev–Trinajstić information content (AvgIpc) is 0.811. The van der Waals surface area contributed by atoms with Gasteiger partial charge in [0, 0.05) is 0 Å². The van der Waals surface area contributed by atoms with E-state index in [1.807, 2.05) is 0 Å². The number of hydrogen-bond acceptors (Lipinski definition) is 0. The quantitative estimate of drug-likeness (QED) is 0.356. The van der Waals surface area contributed by atoms with Crippen LogP contribution in [0.4, 0.5) is 0 Å². The van der Waals surface area contributed by atoms with Crippen molar-refractivity contribution in [2.24, 2.45) is 0 Å². The van der Waals surface area contributed by atoms with E-state index >= 15 is 0 Å². The van der Waals surface area contributed by atoms with Crippen molar-refractivity contribution in [1.29, 1.82) is 0 Å². The van der Waals surface area contributed by atoms with E-state index in [1.54, 1.807) is 0 Å². The minimum atomic E-state index is -1.19. The number of halogens is 4. The Morgan fingerprint density at radius 2 is 1.00 bits per heavy atom. The second-order valence-electron chi connectivity index (χ2n) is 0.143. The summed E-state index contributed by atoms with van der Waals surface area (Å²) in [6.45, 7) is 0. The van der Waals surface area contributed by atoms with Crippen molar-refractivity contribution < 1.29 is 42.2 Å². The van der Waals surface area contributed by atoms with Crippen LogP contribution in [0, 0.1) is 0 Å². The third-order valence-electron chi connectivity index (χ3n) is 0.